The maximum Gasteiger partial charge on any atom is 0.0900 e. The highest BCUT2D eigenvalue weighted by atomic mass is 16.5. The lowest BCUT2D eigenvalue weighted by atomic mass is 10.2. The zero-order chi connectivity index (χ0) is 13.7. The average Bonchev–Trinajstić information content (AvgIpc) is 3.21. The molecule has 3 heteroatoms. The van der Waals surface area contributed by atoms with Gasteiger partial charge in [0.05, 0.1) is 18.8 Å². The highest BCUT2D eigenvalue weighted by Gasteiger charge is 2.30. The first-order valence-corrected chi connectivity index (χ1v) is 7.23. The van der Waals surface area contributed by atoms with E-state index in [-0.39, 0.29) is 6.10 Å². The lowest BCUT2D eigenvalue weighted by molar-refractivity contribution is -0.0107. The van der Waals surface area contributed by atoms with E-state index < -0.39 is 6.10 Å². The highest BCUT2D eigenvalue weighted by molar-refractivity contribution is 5.15. The van der Waals surface area contributed by atoms with E-state index in [0.717, 1.165) is 6.54 Å². The molecule has 0 aliphatic heterocycles. The molecule has 2 rings (SSSR count). The van der Waals surface area contributed by atoms with Crippen LogP contribution in [0, 0.1) is 0 Å². The number of aliphatic hydroxyl groups excluding tert-OH is 1. The van der Waals surface area contributed by atoms with Gasteiger partial charge in [-0.15, -0.1) is 0 Å². The van der Waals surface area contributed by atoms with Crippen molar-refractivity contribution >= 4 is 0 Å². The van der Waals surface area contributed by atoms with Crippen LogP contribution in [0.5, 0.6) is 0 Å². The Kier molecular flexibility index (Phi) is 5.37. The van der Waals surface area contributed by atoms with Crippen LogP contribution in [-0.2, 0) is 11.3 Å². The summed E-state index contributed by atoms with van der Waals surface area (Å²) in [5.74, 6) is 0. The molecule has 0 heterocycles. The summed E-state index contributed by atoms with van der Waals surface area (Å²) in [5.41, 5.74) is 1.31. The van der Waals surface area contributed by atoms with Crippen LogP contribution < -0.4 is 0 Å². The van der Waals surface area contributed by atoms with E-state index >= 15 is 0 Å². The van der Waals surface area contributed by atoms with E-state index in [4.69, 9.17) is 4.74 Å². The number of nitrogens with zero attached hydrogens (tertiary/aromatic N) is 1. The standard InChI is InChI=1S/C16H25NO2/c1-13(2)19-12-16(18)11-17(15-8-9-15)10-14-6-4-3-5-7-14/h3-7,13,15-16,18H,8-12H2,1-2H3. The lowest BCUT2D eigenvalue weighted by Crippen LogP contribution is -2.36. The first kappa shape index (κ1) is 14.5. The fourth-order valence-corrected chi connectivity index (χ4v) is 2.23. The van der Waals surface area contributed by atoms with Crippen LogP contribution >= 0.6 is 0 Å². The van der Waals surface area contributed by atoms with Crippen LogP contribution in [0.4, 0.5) is 0 Å². The van der Waals surface area contributed by atoms with Gasteiger partial charge in [-0.1, -0.05) is 30.3 Å². The van der Waals surface area contributed by atoms with Gasteiger partial charge in [-0.25, -0.2) is 0 Å². The molecular weight excluding hydrogens is 238 g/mol. The molecule has 0 saturated heterocycles. The summed E-state index contributed by atoms with van der Waals surface area (Å²) in [6.45, 7) is 6.04. The van der Waals surface area contributed by atoms with Crippen molar-refractivity contribution in [2.45, 2.75) is 51.5 Å². The minimum absolute atomic E-state index is 0.179. The van der Waals surface area contributed by atoms with Crippen molar-refractivity contribution in [3.63, 3.8) is 0 Å². The minimum Gasteiger partial charge on any atom is -0.389 e. The molecular formula is C16H25NO2. The number of aliphatic hydroxyl groups is 1. The van der Waals surface area contributed by atoms with Crippen LogP contribution in [0.25, 0.3) is 0 Å². The molecule has 19 heavy (non-hydrogen) atoms. The molecule has 1 N–H and O–H groups in total. The molecule has 1 aliphatic rings. The van der Waals surface area contributed by atoms with Gasteiger partial charge >= 0.3 is 0 Å². The predicted molar refractivity (Wildman–Crippen MR) is 77.0 cm³/mol. The quantitative estimate of drug-likeness (QED) is 0.782. The molecule has 1 aromatic rings. The molecule has 0 radical (unpaired) electrons. The summed E-state index contributed by atoms with van der Waals surface area (Å²) in [4.78, 5) is 2.38. The number of hydrogen-bond donors (Lipinski definition) is 1. The Morgan fingerprint density at radius 1 is 1.26 bits per heavy atom. The van der Waals surface area contributed by atoms with Crippen molar-refractivity contribution in [2.75, 3.05) is 13.2 Å². The van der Waals surface area contributed by atoms with Gasteiger partial charge in [0.15, 0.2) is 0 Å². The summed E-state index contributed by atoms with van der Waals surface area (Å²) in [6.07, 6.45) is 2.29. The van der Waals surface area contributed by atoms with E-state index in [9.17, 15) is 5.11 Å². The SMILES string of the molecule is CC(C)OCC(O)CN(Cc1ccccc1)C1CC1. The Bertz CT molecular complexity index is 362. The third-order valence-electron chi connectivity index (χ3n) is 3.36. The monoisotopic (exact) mass is 263 g/mol. The van der Waals surface area contributed by atoms with Gasteiger partial charge in [-0.2, -0.15) is 0 Å². The van der Waals surface area contributed by atoms with Crippen molar-refractivity contribution in [1.82, 2.24) is 4.90 Å². The predicted octanol–water partition coefficient (Wildman–Crippen LogP) is 2.44. The second kappa shape index (κ2) is 7.04. The second-order valence-corrected chi connectivity index (χ2v) is 5.68. The van der Waals surface area contributed by atoms with Crippen LogP contribution in [0.2, 0.25) is 0 Å². The summed E-state index contributed by atoms with van der Waals surface area (Å²) >= 11 is 0. The van der Waals surface area contributed by atoms with Crippen molar-refractivity contribution < 1.29 is 9.84 Å². The van der Waals surface area contributed by atoms with Gasteiger partial charge < -0.3 is 9.84 Å². The van der Waals surface area contributed by atoms with Crippen molar-refractivity contribution in [3.8, 4) is 0 Å². The van der Waals surface area contributed by atoms with E-state index in [2.05, 4.69) is 29.2 Å². The summed E-state index contributed by atoms with van der Waals surface area (Å²) in [7, 11) is 0. The third kappa shape index (κ3) is 5.31. The molecule has 3 nitrogen and oxygen atoms in total. The summed E-state index contributed by atoms with van der Waals surface area (Å²) in [5, 5.41) is 10.1. The fraction of sp³-hybridized carbons (Fsp3) is 0.625. The topological polar surface area (TPSA) is 32.7 Å². The first-order valence-electron chi connectivity index (χ1n) is 7.23. The average molecular weight is 263 g/mol. The molecule has 1 fully saturated rings. The van der Waals surface area contributed by atoms with Gasteiger partial charge in [-0.3, -0.25) is 4.90 Å². The lowest BCUT2D eigenvalue weighted by Gasteiger charge is -2.25. The maximum atomic E-state index is 10.1. The third-order valence-corrected chi connectivity index (χ3v) is 3.36. The largest absolute Gasteiger partial charge is 0.389 e. The molecule has 1 aliphatic carbocycles. The minimum atomic E-state index is -0.397. The fourth-order valence-electron chi connectivity index (χ4n) is 2.23. The van der Waals surface area contributed by atoms with Gasteiger partial charge in [0.25, 0.3) is 0 Å². The number of benzene rings is 1. The van der Waals surface area contributed by atoms with E-state index in [1.807, 2.05) is 19.9 Å². The van der Waals surface area contributed by atoms with Crippen molar-refractivity contribution in [1.29, 1.82) is 0 Å². The normalized spacial score (nSPS) is 17.1. The second-order valence-electron chi connectivity index (χ2n) is 5.68. The van der Waals surface area contributed by atoms with Crippen molar-refractivity contribution in [2.24, 2.45) is 0 Å². The van der Waals surface area contributed by atoms with Crippen molar-refractivity contribution in [3.05, 3.63) is 35.9 Å². The zero-order valence-electron chi connectivity index (χ0n) is 12.0. The maximum absolute atomic E-state index is 10.1. The Hall–Kier alpha value is -0.900. The van der Waals surface area contributed by atoms with Gasteiger partial charge in [0, 0.05) is 19.1 Å². The van der Waals surface area contributed by atoms with Gasteiger partial charge in [0.1, 0.15) is 0 Å². The number of hydrogen-bond acceptors (Lipinski definition) is 3. The molecule has 0 aromatic heterocycles. The summed E-state index contributed by atoms with van der Waals surface area (Å²) in [6, 6.07) is 11.1. The number of ether oxygens (including phenoxy) is 1. The van der Waals surface area contributed by atoms with E-state index in [0.29, 0.717) is 19.2 Å². The molecule has 1 saturated carbocycles. The van der Waals surface area contributed by atoms with Crippen LogP contribution in [-0.4, -0.2) is 41.4 Å². The molecule has 1 unspecified atom stereocenters. The molecule has 0 spiro atoms. The molecule has 0 bridgehead atoms. The van der Waals surface area contributed by atoms with E-state index in [1.54, 1.807) is 0 Å². The Labute approximate surface area is 116 Å². The Morgan fingerprint density at radius 3 is 2.53 bits per heavy atom. The van der Waals surface area contributed by atoms with Crippen LogP contribution in [0.15, 0.2) is 30.3 Å². The highest BCUT2D eigenvalue weighted by Crippen LogP contribution is 2.28. The Morgan fingerprint density at radius 2 is 1.95 bits per heavy atom. The van der Waals surface area contributed by atoms with E-state index in [1.165, 1.54) is 18.4 Å². The first-order chi connectivity index (χ1) is 9.15. The molecule has 1 atom stereocenters. The van der Waals surface area contributed by atoms with Crippen LogP contribution in [0.1, 0.15) is 32.3 Å². The molecule has 0 amide bonds. The van der Waals surface area contributed by atoms with Crippen LogP contribution in [0.3, 0.4) is 0 Å². The molecule has 106 valence electrons. The van der Waals surface area contributed by atoms with Gasteiger partial charge in [-0.05, 0) is 32.3 Å². The number of rotatable bonds is 8. The smallest absolute Gasteiger partial charge is 0.0900 e. The Balaban J connectivity index is 1.83. The summed E-state index contributed by atoms with van der Waals surface area (Å²) < 4.78 is 5.48. The zero-order valence-corrected chi connectivity index (χ0v) is 12.0. The van der Waals surface area contributed by atoms with Gasteiger partial charge in [0.2, 0.25) is 0 Å². The molecule has 1 aromatic carbocycles.